The number of hydrogen-bond acceptors (Lipinski definition) is 4. The average molecular weight is 348 g/mol. The Balaban J connectivity index is 1.75. The van der Waals surface area contributed by atoms with Crippen LogP contribution in [0.3, 0.4) is 0 Å². The van der Waals surface area contributed by atoms with Gasteiger partial charge in [-0.2, -0.15) is 0 Å². The summed E-state index contributed by atoms with van der Waals surface area (Å²) >= 11 is 1.68. The van der Waals surface area contributed by atoms with Crippen molar-refractivity contribution in [2.24, 2.45) is 0 Å². The van der Waals surface area contributed by atoms with Gasteiger partial charge >= 0.3 is 0 Å². The van der Waals surface area contributed by atoms with E-state index in [0.29, 0.717) is 18.8 Å². The van der Waals surface area contributed by atoms with E-state index in [0.717, 1.165) is 13.1 Å². The molecule has 2 aromatic rings. The Morgan fingerprint density at radius 3 is 2.75 bits per heavy atom. The summed E-state index contributed by atoms with van der Waals surface area (Å²) in [6.07, 6.45) is 0. The molecule has 0 saturated carbocycles. The van der Waals surface area contributed by atoms with E-state index in [9.17, 15) is 9.18 Å². The summed E-state index contributed by atoms with van der Waals surface area (Å²) in [4.78, 5) is 16.0. The van der Waals surface area contributed by atoms with Crippen molar-refractivity contribution in [3.05, 3.63) is 58.0 Å². The third-order valence-electron chi connectivity index (χ3n) is 4.19. The maximum absolute atomic E-state index is 13.3. The van der Waals surface area contributed by atoms with Crippen LogP contribution in [0.15, 0.2) is 41.8 Å². The summed E-state index contributed by atoms with van der Waals surface area (Å²) in [5, 5.41) is 5.07. The predicted octanol–water partition coefficient (Wildman–Crippen LogP) is 3.08. The van der Waals surface area contributed by atoms with E-state index in [-0.39, 0.29) is 18.0 Å². The third kappa shape index (κ3) is 4.01. The molecule has 1 aliphatic heterocycles. The third-order valence-corrected chi connectivity index (χ3v) is 5.14. The van der Waals surface area contributed by atoms with E-state index < -0.39 is 5.82 Å². The second-order valence-electron chi connectivity index (χ2n) is 5.88. The number of ether oxygens (including phenoxy) is 1. The fourth-order valence-electron chi connectivity index (χ4n) is 3.06. The first-order valence-electron chi connectivity index (χ1n) is 8.07. The minimum atomic E-state index is -0.404. The number of nitrogens with one attached hydrogen (secondary N) is 1. The fraction of sp³-hybridized carbons (Fsp3) is 0.389. The summed E-state index contributed by atoms with van der Waals surface area (Å²) in [6, 6.07) is 9.88. The molecule has 1 amide bonds. The zero-order valence-corrected chi connectivity index (χ0v) is 14.4. The summed E-state index contributed by atoms with van der Waals surface area (Å²) in [7, 11) is 0. The number of rotatable bonds is 5. The molecule has 0 radical (unpaired) electrons. The summed E-state index contributed by atoms with van der Waals surface area (Å²) in [5.74, 6) is -0.657. The van der Waals surface area contributed by atoms with Crippen LogP contribution >= 0.6 is 11.3 Å². The van der Waals surface area contributed by atoms with E-state index >= 15 is 0 Å². The standard InChI is InChI=1S/C18H21FN2O2S/c1-13(20-18(22)14-4-2-5-15(19)12-14)17(16-6-3-11-24-16)21-7-9-23-10-8-21/h2-6,11-13,17H,7-10H2,1H3,(H,20,22)/t13-,17-/m1/s1. The van der Waals surface area contributed by atoms with E-state index in [4.69, 9.17) is 4.74 Å². The van der Waals surface area contributed by atoms with Crippen molar-refractivity contribution < 1.29 is 13.9 Å². The number of nitrogens with zero attached hydrogens (tertiary/aromatic N) is 1. The zero-order valence-electron chi connectivity index (χ0n) is 13.6. The Morgan fingerprint density at radius 2 is 2.08 bits per heavy atom. The van der Waals surface area contributed by atoms with Gasteiger partial charge in [0.05, 0.1) is 19.3 Å². The lowest BCUT2D eigenvalue weighted by Gasteiger charge is -2.37. The van der Waals surface area contributed by atoms with Gasteiger partial charge in [-0.25, -0.2) is 4.39 Å². The highest BCUT2D eigenvalue weighted by Crippen LogP contribution is 2.29. The molecule has 0 spiro atoms. The largest absolute Gasteiger partial charge is 0.379 e. The molecule has 1 aromatic carbocycles. The van der Waals surface area contributed by atoms with Crippen LogP contribution in [0.25, 0.3) is 0 Å². The summed E-state index contributed by atoms with van der Waals surface area (Å²) < 4.78 is 18.8. The molecule has 0 aliphatic carbocycles. The Labute approximate surface area is 145 Å². The van der Waals surface area contributed by atoms with E-state index in [1.54, 1.807) is 23.5 Å². The second-order valence-corrected chi connectivity index (χ2v) is 6.86. The van der Waals surface area contributed by atoms with Crippen LogP contribution in [0.5, 0.6) is 0 Å². The normalized spacial score (nSPS) is 18.1. The van der Waals surface area contributed by atoms with Crippen LogP contribution in [0, 0.1) is 5.82 Å². The van der Waals surface area contributed by atoms with Crippen molar-refractivity contribution in [2.45, 2.75) is 19.0 Å². The molecular weight excluding hydrogens is 327 g/mol. The van der Waals surface area contributed by atoms with Crippen molar-refractivity contribution >= 4 is 17.2 Å². The average Bonchev–Trinajstić information content (AvgIpc) is 3.10. The number of thiophene rings is 1. The maximum atomic E-state index is 13.3. The predicted molar refractivity (Wildman–Crippen MR) is 92.8 cm³/mol. The molecule has 1 N–H and O–H groups in total. The van der Waals surface area contributed by atoms with Crippen molar-refractivity contribution in [3.63, 3.8) is 0 Å². The monoisotopic (exact) mass is 348 g/mol. The number of hydrogen-bond donors (Lipinski definition) is 1. The van der Waals surface area contributed by atoms with Crippen LogP contribution in [0.4, 0.5) is 4.39 Å². The van der Waals surface area contributed by atoms with Gasteiger partial charge in [0, 0.05) is 29.6 Å². The Morgan fingerprint density at radius 1 is 1.29 bits per heavy atom. The molecular formula is C18H21FN2O2S. The Hall–Kier alpha value is -1.76. The van der Waals surface area contributed by atoms with Gasteiger partial charge in [-0.15, -0.1) is 11.3 Å². The van der Waals surface area contributed by atoms with Crippen LogP contribution in [-0.2, 0) is 4.74 Å². The lowest BCUT2D eigenvalue weighted by Crippen LogP contribution is -2.48. The van der Waals surface area contributed by atoms with E-state index in [1.807, 2.05) is 18.4 Å². The first-order valence-corrected chi connectivity index (χ1v) is 8.95. The highest BCUT2D eigenvalue weighted by atomic mass is 32.1. The van der Waals surface area contributed by atoms with E-state index in [1.165, 1.54) is 17.0 Å². The molecule has 6 heteroatoms. The molecule has 2 heterocycles. The highest BCUT2D eigenvalue weighted by Gasteiger charge is 2.29. The van der Waals surface area contributed by atoms with Gasteiger partial charge in [0.15, 0.2) is 0 Å². The molecule has 4 nitrogen and oxygen atoms in total. The number of halogens is 1. The van der Waals surface area contributed by atoms with Crippen molar-refractivity contribution in [3.8, 4) is 0 Å². The molecule has 0 bridgehead atoms. The minimum absolute atomic E-state index is 0.0893. The Bertz CT molecular complexity index is 671. The van der Waals surface area contributed by atoms with Crippen LogP contribution in [-0.4, -0.2) is 43.2 Å². The van der Waals surface area contributed by atoms with Crippen LogP contribution in [0.2, 0.25) is 0 Å². The van der Waals surface area contributed by atoms with E-state index in [2.05, 4.69) is 16.3 Å². The topological polar surface area (TPSA) is 41.6 Å². The fourth-order valence-corrected chi connectivity index (χ4v) is 4.02. The lowest BCUT2D eigenvalue weighted by molar-refractivity contribution is 0.00969. The zero-order chi connectivity index (χ0) is 16.9. The second kappa shape index (κ2) is 7.88. The number of amides is 1. The van der Waals surface area contributed by atoms with Gasteiger partial charge in [0.1, 0.15) is 5.82 Å². The maximum Gasteiger partial charge on any atom is 0.251 e. The molecule has 1 aromatic heterocycles. The van der Waals surface area contributed by atoms with Gasteiger partial charge in [-0.3, -0.25) is 9.69 Å². The molecule has 1 aliphatic rings. The van der Waals surface area contributed by atoms with Gasteiger partial charge in [0.2, 0.25) is 0 Å². The number of carbonyl (C=O) groups is 1. The molecule has 2 atom stereocenters. The highest BCUT2D eigenvalue weighted by molar-refractivity contribution is 7.10. The molecule has 0 unspecified atom stereocenters. The van der Waals surface area contributed by atoms with Crippen molar-refractivity contribution in [1.29, 1.82) is 0 Å². The van der Waals surface area contributed by atoms with Crippen LogP contribution in [0.1, 0.15) is 28.2 Å². The molecule has 3 rings (SSSR count). The SMILES string of the molecule is C[C@@H](NC(=O)c1cccc(F)c1)[C@H](c1cccs1)N1CCOCC1. The molecule has 128 valence electrons. The number of benzene rings is 1. The van der Waals surface area contributed by atoms with Crippen molar-refractivity contribution in [1.82, 2.24) is 10.2 Å². The van der Waals surface area contributed by atoms with Gasteiger partial charge in [0.25, 0.3) is 5.91 Å². The van der Waals surface area contributed by atoms with Crippen LogP contribution < -0.4 is 5.32 Å². The molecule has 1 saturated heterocycles. The molecule has 24 heavy (non-hydrogen) atoms. The minimum Gasteiger partial charge on any atom is -0.379 e. The molecule has 1 fully saturated rings. The quantitative estimate of drug-likeness (QED) is 0.903. The van der Waals surface area contributed by atoms with Crippen molar-refractivity contribution in [2.75, 3.05) is 26.3 Å². The summed E-state index contributed by atoms with van der Waals surface area (Å²) in [5.41, 5.74) is 0.341. The first-order chi connectivity index (χ1) is 11.6. The Kier molecular flexibility index (Phi) is 5.60. The smallest absolute Gasteiger partial charge is 0.251 e. The summed E-state index contributed by atoms with van der Waals surface area (Å²) in [6.45, 7) is 5.07. The first kappa shape index (κ1) is 17.1. The number of morpholine rings is 1. The lowest BCUT2D eigenvalue weighted by atomic mass is 10.0. The number of carbonyl (C=O) groups excluding carboxylic acids is 1. The van der Waals surface area contributed by atoms with Gasteiger partial charge < -0.3 is 10.1 Å². The van der Waals surface area contributed by atoms with Gasteiger partial charge in [-0.1, -0.05) is 12.1 Å². The van der Waals surface area contributed by atoms with Gasteiger partial charge in [-0.05, 0) is 36.6 Å².